The van der Waals surface area contributed by atoms with Crippen molar-refractivity contribution in [1.29, 1.82) is 0 Å². The number of carbonyl (C=O) groups excluding carboxylic acids is 1. The molecular formula is C20H25N5O3S. The summed E-state index contributed by atoms with van der Waals surface area (Å²) in [6, 6.07) is 8.87. The molecule has 8 nitrogen and oxygen atoms in total. The second-order valence-electron chi connectivity index (χ2n) is 7.64. The van der Waals surface area contributed by atoms with Gasteiger partial charge in [-0.1, -0.05) is 0 Å². The number of hydrogen-bond donors (Lipinski definition) is 1. The Hall–Kier alpha value is -2.52. The zero-order valence-corrected chi connectivity index (χ0v) is 17.4. The largest absolute Gasteiger partial charge is 0.352 e. The fraction of sp³-hybridized carbons (Fsp3) is 0.450. The number of hydrogen-bond acceptors (Lipinski definition) is 6. The Bertz CT molecular complexity index is 1010. The van der Waals surface area contributed by atoms with E-state index in [-0.39, 0.29) is 10.8 Å². The average molecular weight is 416 g/mol. The molecule has 0 atom stereocenters. The molecule has 2 aliphatic rings. The predicted molar refractivity (Wildman–Crippen MR) is 110 cm³/mol. The molecule has 2 heterocycles. The van der Waals surface area contributed by atoms with Gasteiger partial charge < -0.3 is 10.2 Å². The first kappa shape index (κ1) is 19.8. The summed E-state index contributed by atoms with van der Waals surface area (Å²) < 4.78 is 27.7. The van der Waals surface area contributed by atoms with Crippen molar-refractivity contribution in [3.8, 4) is 0 Å². The molecule has 1 amide bonds. The van der Waals surface area contributed by atoms with Crippen molar-refractivity contribution in [2.75, 3.05) is 36.4 Å². The Labute approximate surface area is 171 Å². The van der Waals surface area contributed by atoms with E-state index >= 15 is 0 Å². The van der Waals surface area contributed by atoms with E-state index in [2.05, 4.69) is 20.4 Å². The van der Waals surface area contributed by atoms with Gasteiger partial charge in [0.15, 0.2) is 5.82 Å². The van der Waals surface area contributed by atoms with Gasteiger partial charge in [-0.05, 0) is 55.7 Å². The molecule has 1 saturated heterocycles. The second-order valence-corrected chi connectivity index (χ2v) is 9.55. The first-order valence-corrected chi connectivity index (χ1v) is 11.3. The number of carbonyl (C=O) groups is 1. The van der Waals surface area contributed by atoms with Crippen molar-refractivity contribution in [2.24, 2.45) is 0 Å². The maximum atomic E-state index is 13.1. The summed E-state index contributed by atoms with van der Waals surface area (Å²) in [6.45, 7) is 5.08. The first-order valence-electron chi connectivity index (χ1n) is 9.81. The molecule has 1 saturated carbocycles. The van der Waals surface area contributed by atoms with Crippen LogP contribution in [-0.2, 0) is 14.8 Å². The number of nitrogens with zero attached hydrogens (tertiary/aromatic N) is 4. The lowest BCUT2D eigenvalue weighted by molar-refractivity contribution is -0.114. The summed E-state index contributed by atoms with van der Waals surface area (Å²) >= 11 is 0. The number of rotatable bonds is 5. The highest BCUT2D eigenvalue weighted by Gasteiger charge is 2.30. The minimum Gasteiger partial charge on any atom is -0.352 e. The highest BCUT2D eigenvalue weighted by Crippen LogP contribution is 2.38. The Morgan fingerprint density at radius 2 is 1.79 bits per heavy atom. The van der Waals surface area contributed by atoms with Crippen molar-refractivity contribution in [1.82, 2.24) is 14.5 Å². The van der Waals surface area contributed by atoms with Crippen LogP contribution < -0.4 is 10.2 Å². The van der Waals surface area contributed by atoms with Crippen molar-refractivity contribution in [3.05, 3.63) is 41.6 Å². The smallest absolute Gasteiger partial charge is 0.243 e. The topological polar surface area (TPSA) is 95.5 Å². The van der Waals surface area contributed by atoms with Crippen LogP contribution in [0.25, 0.3) is 0 Å². The molecule has 1 aliphatic carbocycles. The normalized spacial score (nSPS) is 17.9. The lowest BCUT2D eigenvalue weighted by Crippen LogP contribution is -2.49. The molecule has 154 valence electrons. The number of aryl methyl sites for hydroxylation is 1. The van der Waals surface area contributed by atoms with Gasteiger partial charge >= 0.3 is 0 Å². The molecule has 0 radical (unpaired) electrons. The highest BCUT2D eigenvalue weighted by molar-refractivity contribution is 7.89. The van der Waals surface area contributed by atoms with Gasteiger partial charge in [-0.3, -0.25) is 4.79 Å². The van der Waals surface area contributed by atoms with Gasteiger partial charge in [-0.15, -0.1) is 5.10 Å². The SMILES string of the molecule is CC(=O)Nc1ccc(S(=O)(=O)N2CCN(c3ccc(C4CC4)nn3)CC2)c(C)c1. The number of nitrogens with one attached hydrogen (secondary N) is 1. The number of sulfonamides is 1. The number of anilines is 2. The van der Waals surface area contributed by atoms with Gasteiger partial charge in [0.05, 0.1) is 10.6 Å². The number of benzene rings is 1. The van der Waals surface area contributed by atoms with E-state index in [1.54, 1.807) is 25.1 Å². The van der Waals surface area contributed by atoms with Crippen LogP contribution in [0.4, 0.5) is 11.5 Å². The van der Waals surface area contributed by atoms with Crippen molar-refractivity contribution >= 4 is 27.4 Å². The molecule has 1 aliphatic heterocycles. The maximum Gasteiger partial charge on any atom is 0.243 e. The molecule has 0 spiro atoms. The van der Waals surface area contributed by atoms with Crippen molar-refractivity contribution in [2.45, 2.75) is 37.5 Å². The Morgan fingerprint density at radius 3 is 2.34 bits per heavy atom. The van der Waals surface area contributed by atoms with Gasteiger partial charge in [0.2, 0.25) is 15.9 Å². The molecule has 29 heavy (non-hydrogen) atoms. The Balaban J connectivity index is 1.43. The minimum atomic E-state index is -3.60. The van der Waals surface area contributed by atoms with Crippen LogP contribution in [0.2, 0.25) is 0 Å². The average Bonchev–Trinajstić information content (AvgIpc) is 3.53. The lowest BCUT2D eigenvalue weighted by Gasteiger charge is -2.34. The quantitative estimate of drug-likeness (QED) is 0.804. The van der Waals surface area contributed by atoms with E-state index in [0.717, 1.165) is 11.5 Å². The highest BCUT2D eigenvalue weighted by atomic mass is 32.2. The third-order valence-corrected chi connectivity index (χ3v) is 7.40. The molecular weight excluding hydrogens is 390 g/mol. The van der Waals surface area contributed by atoms with Crippen LogP contribution in [-0.4, -0.2) is 55.0 Å². The molecule has 1 aromatic heterocycles. The molecule has 1 N–H and O–H groups in total. The number of piperazine rings is 1. The minimum absolute atomic E-state index is 0.190. The molecule has 2 fully saturated rings. The van der Waals surface area contributed by atoms with Crippen LogP contribution in [0.5, 0.6) is 0 Å². The third-order valence-electron chi connectivity index (χ3n) is 5.34. The molecule has 4 rings (SSSR count). The number of amides is 1. The van der Waals surface area contributed by atoms with Gasteiger partial charge in [-0.25, -0.2) is 8.42 Å². The van der Waals surface area contributed by atoms with Crippen molar-refractivity contribution in [3.63, 3.8) is 0 Å². The van der Waals surface area contributed by atoms with Crippen LogP contribution in [0.3, 0.4) is 0 Å². The van der Waals surface area contributed by atoms with E-state index in [1.165, 1.54) is 24.1 Å². The molecule has 0 unspecified atom stereocenters. The summed E-state index contributed by atoms with van der Waals surface area (Å²) in [7, 11) is -3.60. The summed E-state index contributed by atoms with van der Waals surface area (Å²) in [5, 5.41) is 11.3. The van der Waals surface area contributed by atoms with E-state index in [0.29, 0.717) is 43.3 Å². The van der Waals surface area contributed by atoms with Gasteiger partial charge in [0.25, 0.3) is 0 Å². The molecule has 1 aromatic carbocycles. The molecule has 9 heteroatoms. The molecule has 0 bridgehead atoms. The standard InChI is InChI=1S/C20H25N5O3S/c1-14-13-17(21-15(2)26)5-7-19(14)29(27,28)25-11-9-24(10-12-25)20-8-6-18(22-23-20)16-3-4-16/h5-8,13,16H,3-4,9-12H2,1-2H3,(H,21,26). The van der Waals surface area contributed by atoms with E-state index in [4.69, 9.17) is 0 Å². The van der Waals surface area contributed by atoms with E-state index < -0.39 is 10.0 Å². The van der Waals surface area contributed by atoms with Crippen LogP contribution in [0.15, 0.2) is 35.2 Å². The first-order chi connectivity index (χ1) is 13.8. The Morgan fingerprint density at radius 1 is 1.07 bits per heavy atom. The monoisotopic (exact) mass is 415 g/mol. The summed E-state index contributed by atoms with van der Waals surface area (Å²) in [6.07, 6.45) is 2.38. The van der Waals surface area contributed by atoms with Gasteiger partial charge in [0, 0.05) is 44.7 Å². The fourth-order valence-corrected chi connectivity index (χ4v) is 5.25. The van der Waals surface area contributed by atoms with Crippen LogP contribution in [0.1, 0.15) is 36.9 Å². The van der Waals surface area contributed by atoms with Crippen molar-refractivity contribution < 1.29 is 13.2 Å². The summed E-state index contributed by atoms with van der Waals surface area (Å²) in [5.74, 6) is 1.17. The second kappa shape index (κ2) is 7.72. The maximum absolute atomic E-state index is 13.1. The summed E-state index contributed by atoms with van der Waals surface area (Å²) in [4.78, 5) is 13.5. The summed E-state index contributed by atoms with van der Waals surface area (Å²) in [5.41, 5.74) is 2.25. The fourth-order valence-electron chi connectivity index (χ4n) is 3.62. The van der Waals surface area contributed by atoms with Gasteiger partial charge in [0.1, 0.15) is 0 Å². The molecule has 2 aromatic rings. The van der Waals surface area contributed by atoms with E-state index in [9.17, 15) is 13.2 Å². The van der Waals surface area contributed by atoms with Crippen LogP contribution in [0, 0.1) is 6.92 Å². The van der Waals surface area contributed by atoms with Crippen LogP contribution >= 0.6 is 0 Å². The Kier molecular flexibility index (Phi) is 5.26. The third kappa shape index (κ3) is 4.25. The zero-order valence-electron chi connectivity index (χ0n) is 16.6. The number of aromatic nitrogens is 2. The predicted octanol–water partition coefficient (Wildman–Crippen LogP) is 2.13. The van der Waals surface area contributed by atoms with Gasteiger partial charge in [-0.2, -0.15) is 9.40 Å². The lowest BCUT2D eigenvalue weighted by atomic mass is 10.2. The van der Waals surface area contributed by atoms with E-state index in [1.807, 2.05) is 12.1 Å². The zero-order chi connectivity index (χ0) is 20.6.